The topological polar surface area (TPSA) is 55.5 Å². The van der Waals surface area contributed by atoms with Crippen molar-refractivity contribution in [1.82, 2.24) is 0 Å². The number of nitrogens with two attached hydrogens (primary N) is 1. The van der Waals surface area contributed by atoms with Crippen molar-refractivity contribution in [3.8, 4) is 0 Å². The maximum atomic E-state index is 9.47. The van der Waals surface area contributed by atoms with E-state index in [9.17, 15) is 5.11 Å². The summed E-state index contributed by atoms with van der Waals surface area (Å²) in [4.78, 5) is 0. The smallest absolute Gasteiger partial charge is 0.0954 e. The van der Waals surface area contributed by atoms with Crippen molar-refractivity contribution in [3.05, 3.63) is 35.4 Å². The number of ether oxygens (including phenoxy) is 1. The van der Waals surface area contributed by atoms with Crippen molar-refractivity contribution >= 4 is 0 Å². The molecular formula is C14H23NO2. The highest BCUT2D eigenvalue weighted by Gasteiger charge is 2.18. The SMILES string of the molecule is CCc1ccccc1C(CN)OC(C)C(C)O. The van der Waals surface area contributed by atoms with E-state index in [0.29, 0.717) is 6.54 Å². The molecule has 0 spiro atoms. The summed E-state index contributed by atoms with van der Waals surface area (Å²) in [5.74, 6) is 0. The van der Waals surface area contributed by atoms with Crippen LogP contribution in [0, 0.1) is 0 Å². The molecule has 0 aliphatic carbocycles. The molecule has 96 valence electrons. The van der Waals surface area contributed by atoms with Gasteiger partial charge in [0.2, 0.25) is 0 Å². The van der Waals surface area contributed by atoms with Gasteiger partial charge in [0, 0.05) is 6.54 Å². The molecule has 0 amide bonds. The van der Waals surface area contributed by atoms with Gasteiger partial charge in [0.25, 0.3) is 0 Å². The highest BCUT2D eigenvalue weighted by atomic mass is 16.5. The van der Waals surface area contributed by atoms with Crippen molar-refractivity contribution in [2.75, 3.05) is 6.54 Å². The molecule has 1 aromatic rings. The fourth-order valence-electron chi connectivity index (χ4n) is 1.80. The van der Waals surface area contributed by atoms with E-state index in [-0.39, 0.29) is 12.2 Å². The molecular weight excluding hydrogens is 214 g/mol. The van der Waals surface area contributed by atoms with Crippen LogP contribution in [0.5, 0.6) is 0 Å². The summed E-state index contributed by atoms with van der Waals surface area (Å²) in [6.07, 6.45) is 0.112. The zero-order chi connectivity index (χ0) is 12.8. The molecule has 3 heteroatoms. The van der Waals surface area contributed by atoms with Crippen LogP contribution < -0.4 is 5.73 Å². The number of hydrogen-bond donors (Lipinski definition) is 2. The van der Waals surface area contributed by atoms with Gasteiger partial charge in [-0.15, -0.1) is 0 Å². The van der Waals surface area contributed by atoms with Crippen molar-refractivity contribution in [2.24, 2.45) is 5.73 Å². The van der Waals surface area contributed by atoms with Gasteiger partial charge in [-0.2, -0.15) is 0 Å². The molecule has 0 aromatic heterocycles. The third-order valence-corrected chi connectivity index (χ3v) is 3.06. The van der Waals surface area contributed by atoms with Crippen molar-refractivity contribution in [1.29, 1.82) is 0 Å². The normalized spacial score (nSPS) is 16.5. The average Bonchev–Trinajstić information content (AvgIpc) is 2.35. The molecule has 0 bridgehead atoms. The molecule has 0 aliphatic rings. The first kappa shape index (κ1) is 14.2. The van der Waals surface area contributed by atoms with E-state index in [0.717, 1.165) is 12.0 Å². The number of aliphatic hydroxyl groups excluding tert-OH is 1. The van der Waals surface area contributed by atoms with E-state index in [4.69, 9.17) is 10.5 Å². The molecule has 0 saturated heterocycles. The molecule has 17 heavy (non-hydrogen) atoms. The first-order valence-corrected chi connectivity index (χ1v) is 6.21. The lowest BCUT2D eigenvalue weighted by Crippen LogP contribution is -2.28. The summed E-state index contributed by atoms with van der Waals surface area (Å²) >= 11 is 0. The van der Waals surface area contributed by atoms with Crippen LogP contribution in [0.1, 0.15) is 38.0 Å². The molecule has 3 atom stereocenters. The Morgan fingerprint density at radius 1 is 1.29 bits per heavy atom. The monoisotopic (exact) mass is 237 g/mol. The first-order chi connectivity index (χ1) is 8.10. The molecule has 0 fully saturated rings. The lowest BCUT2D eigenvalue weighted by Gasteiger charge is -2.25. The van der Waals surface area contributed by atoms with Gasteiger partial charge in [0.15, 0.2) is 0 Å². The Morgan fingerprint density at radius 3 is 2.47 bits per heavy atom. The predicted molar refractivity (Wildman–Crippen MR) is 69.8 cm³/mol. The second kappa shape index (κ2) is 6.74. The minimum atomic E-state index is -0.488. The Hall–Kier alpha value is -0.900. The molecule has 1 aromatic carbocycles. The molecule has 0 aliphatic heterocycles. The van der Waals surface area contributed by atoms with Crippen LogP contribution in [0.15, 0.2) is 24.3 Å². The van der Waals surface area contributed by atoms with Gasteiger partial charge in [0.05, 0.1) is 18.3 Å². The Labute approximate surface area is 104 Å². The first-order valence-electron chi connectivity index (χ1n) is 6.21. The third kappa shape index (κ3) is 3.80. The van der Waals surface area contributed by atoms with Crippen LogP contribution in [0.3, 0.4) is 0 Å². The van der Waals surface area contributed by atoms with Crippen LogP contribution in [0.4, 0.5) is 0 Å². The Morgan fingerprint density at radius 2 is 1.94 bits per heavy atom. The largest absolute Gasteiger partial charge is 0.391 e. The fourth-order valence-corrected chi connectivity index (χ4v) is 1.80. The molecule has 0 saturated carbocycles. The van der Waals surface area contributed by atoms with E-state index in [2.05, 4.69) is 13.0 Å². The molecule has 3 nitrogen and oxygen atoms in total. The number of aliphatic hydroxyl groups is 1. The standard InChI is InChI=1S/C14H23NO2/c1-4-12-7-5-6-8-13(12)14(9-15)17-11(3)10(2)16/h5-8,10-11,14,16H,4,9,15H2,1-3H3. The van der Waals surface area contributed by atoms with Crippen LogP contribution in [-0.4, -0.2) is 23.9 Å². The summed E-state index contributed by atoms with van der Waals surface area (Å²) in [6, 6.07) is 8.15. The zero-order valence-corrected chi connectivity index (χ0v) is 10.9. The predicted octanol–water partition coefficient (Wildman–Crippen LogP) is 2.03. The molecule has 1 rings (SSSR count). The number of hydrogen-bond acceptors (Lipinski definition) is 3. The van der Waals surface area contributed by atoms with Crippen molar-refractivity contribution < 1.29 is 9.84 Å². The van der Waals surface area contributed by atoms with Gasteiger partial charge < -0.3 is 15.6 Å². The Balaban J connectivity index is 2.86. The highest BCUT2D eigenvalue weighted by Crippen LogP contribution is 2.23. The number of benzene rings is 1. The van der Waals surface area contributed by atoms with E-state index in [1.54, 1.807) is 6.92 Å². The van der Waals surface area contributed by atoms with Crippen molar-refractivity contribution in [2.45, 2.75) is 45.5 Å². The molecule has 0 heterocycles. The van der Waals surface area contributed by atoms with Crippen LogP contribution in [0.2, 0.25) is 0 Å². The van der Waals surface area contributed by atoms with Crippen LogP contribution in [-0.2, 0) is 11.2 Å². The maximum absolute atomic E-state index is 9.47. The molecule has 0 radical (unpaired) electrons. The van der Waals surface area contributed by atoms with E-state index in [1.807, 2.05) is 25.1 Å². The van der Waals surface area contributed by atoms with Gasteiger partial charge in [-0.25, -0.2) is 0 Å². The van der Waals surface area contributed by atoms with Crippen LogP contribution >= 0.6 is 0 Å². The van der Waals surface area contributed by atoms with Crippen molar-refractivity contribution in [3.63, 3.8) is 0 Å². The van der Waals surface area contributed by atoms with E-state index < -0.39 is 6.10 Å². The summed E-state index contributed by atoms with van der Waals surface area (Å²) in [5.41, 5.74) is 8.15. The summed E-state index contributed by atoms with van der Waals surface area (Å²) in [6.45, 7) is 6.13. The summed E-state index contributed by atoms with van der Waals surface area (Å²) in [5, 5.41) is 9.47. The van der Waals surface area contributed by atoms with E-state index in [1.165, 1.54) is 5.56 Å². The minimum absolute atomic E-state index is 0.143. The Bertz CT molecular complexity index is 339. The number of rotatable bonds is 6. The molecule has 3 unspecified atom stereocenters. The molecule has 3 N–H and O–H groups in total. The zero-order valence-electron chi connectivity index (χ0n) is 10.9. The van der Waals surface area contributed by atoms with Gasteiger partial charge >= 0.3 is 0 Å². The maximum Gasteiger partial charge on any atom is 0.0954 e. The van der Waals surface area contributed by atoms with Gasteiger partial charge in [-0.1, -0.05) is 31.2 Å². The van der Waals surface area contributed by atoms with Gasteiger partial charge in [-0.3, -0.25) is 0 Å². The highest BCUT2D eigenvalue weighted by molar-refractivity contribution is 5.29. The summed E-state index contributed by atoms with van der Waals surface area (Å²) < 4.78 is 5.81. The second-order valence-electron chi connectivity index (χ2n) is 4.36. The summed E-state index contributed by atoms with van der Waals surface area (Å²) in [7, 11) is 0. The second-order valence-corrected chi connectivity index (χ2v) is 4.36. The third-order valence-electron chi connectivity index (χ3n) is 3.06. The van der Waals surface area contributed by atoms with Gasteiger partial charge in [-0.05, 0) is 31.4 Å². The lowest BCUT2D eigenvalue weighted by molar-refractivity contribution is -0.0594. The average molecular weight is 237 g/mol. The quantitative estimate of drug-likeness (QED) is 0.796. The van der Waals surface area contributed by atoms with E-state index >= 15 is 0 Å². The van der Waals surface area contributed by atoms with Crippen LogP contribution in [0.25, 0.3) is 0 Å². The number of aryl methyl sites for hydroxylation is 1. The lowest BCUT2D eigenvalue weighted by atomic mass is 10.00. The van der Waals surface area contributed by atoms with Gasteiger partial charge in [0.1, 0.15) is 0 Å². The fraction of sp³-hybridized carbons (Fsp3) is 0.571. The Kier molecular flexibility index (Phi) is 5.62. The minimum Gasteiger partial charge on any atom is -0.391 e.